The lowest BCUT2D eigenvalue weighted by Crippen LogP contribution is -2.24. The van der Waals surface area contributed by atoms with Gasteiger partial charge in [0, 0.05) is 6.54 Å². The second-order valence-corrected chi connectivity index (χ2v) is 5.92. The molecule has 0 heterocycles. The van der Waals surface area contributed by atoms with Crippen LogP contribution in [0.15, 0.2) is 29.2 Å². The standard InChI is InChI=1S/C11H14F3NO3S/c1-8(16)6-7-15-9-4-2-3-5-10(9)19(17,18)11(12,13)14/h2-5,8,15-16H,6-7H2,1H3. The lowest BCUT2D eigenvalue weighted by Gasteiger charge is -2.14. The minimum atomic E-state index is -5.38. The summed E-state index contributed by atoms with van der Waals surface area (Å²) in [5.41, 5.74) is -5.46. The van der Waals surface area contributed by atoms with Crippen LogP contribution < -0.4 is 5.32 Å². The van der Waals surface area contributed by atoms with E-state index < -0.39 is 26.3 Å². The van der Waals surface area contributed by atoms with Gasteiger partial charge < -0.3 is 10.4 Å². The van der Waals surface area contributed by atoms with Crippen LogP contribution in [0.1, 0.15) is 13.3 Å². The van der Waals surface area contributed by atoms with E-state index in [0.717, 1.165) is 6.07 Å². The highest BCUT2D eigenvalue weighted by molar-refractivity contribution is 7.92. The Morgan fingerprint density at radius 1 is 1.32 bits per heavy atom. The van der Waals surface area contributed by atoms with Gasteiger partial charge in [-0.3, -0.25) is 0 Å². The molecule has 0 spiro atoms. The topological polar surface area (TPSA) is 66.4 Å². The molecule has 0 aliphatic carbocycles. The summed E-state index contributed by atoms with van der Waals surface area (Å²) in [7, 11) is -5.38. The fourth-order valence-corrected chi connectivity index (χ4v) is 2.32. The molecule has 1 unspecified atom stereocenters. The molecule has 0 radical (unpaired) electrons. The first-order chi connectivity index (χ1) is 8.66. The number of aliphatic hydroxyl groups is 1. The molecule has 1 rings (SSSR count). The maximum Gasteiger partial charge on any atom is 0.501 e. The van der Waals surface area contributed by atoms with Crippen LogP contribution in [0.2, 0.25) is 0 Å². The molecule has 0 fully saturated rings. The third-order valence-corrected chi connectivity index (χ3v) is 3.90. The molecule has 0 saturated heterocycles. The zero-order chi connectivity index (χ0) is 14.7. The van der Waals surface area contributed by atoms with Crippen molar-refractivity contribution in [2.24, 2.45) is 0 Å². The minimum Gasteiger partial charge on any atom is -0.393 e. The number of hydrogen-bond acceptors (Lipinski definition) is 4. The number of hydrogen-bond donors (Lipinski definition) is 2. The van der Waals surface area contributed by atoms with E-state index in [0.29, 0.717) is 6.42 Å². The molecule has 0 saturated carbocycles. The third-order valence-electron chi connectivity index (χ3n) is 2.36. The Morgan fingerprint density at radius 2 is 1.89 bits per heavy atom. The van der Waals surface area contributed by atoms with E-state index in [9.17, 15) is 21.6 Å². The van der Waals surface area contributed by atoms with Crippen molar-refractivity contribution in [3.8, 4) is 0 Å². The molecule has 19 heavy (non-hydrogen) atoms. The number of halogens is 3. The first kappa shape index (κ1) is 15.8. The van der Waals surface area contributed by atoms with Gasteiger partial charge >= 0.3 is 5.51 Å². The van der Waals surface area contributed by atoms with Crippen LogP contribution in [-0.4, -0.2) is 31.7 Å². The molecule has 108 valence electrons. The molecule has 0 aromatic heterocycles. The van der Waals surface area contributed by atoms with Crippen LogP contribution in [0.3, 0.4) is 0 Å². The summed E-state index contributed by atoms with van der Waals surface area (Å²) in [6.07, 6.45) is -0.334. The quantitative estimate of drug-likeness (QED) is 0.874. The van der Waals surface area contributed by atoms with Crippen LogP contribution in [-0.2, 0) is 9.84 Å². The number of rotatable bonds is 5. The fourth-order valence-electron chi connectivity index (χ4n) is 1.39. The van der Waals surface area contributed by atoms with Crippen LogP contribution in [0, 0.1) is 0 Å². The molecule has 2 N–H and O–H groups in total. The first-order valence-electron chi connectivity index (χ1n) is 5.48. The number of nitrogens with one attached hydrogen (secondary N) is 1. The number of aliphatic hydroxyl groups excluding tert-OH is 1. The van der Waals surface area contributed by atoms with E-state index in [-0.39, 0.29) is 12.2 Å². The van der Waals surface area contributed by atoms with Gasteiger partial charge in [-0.25, -0.2) is 8.42 Å². The van der Waals surface area contributed by atoms with Gasteiger partial charge in [-0.15, -0.1) is 0 Å². The lowest BCUT2D eigenvalue weighted by atomic mass is 10.2. The van der Waals surface area contributed by atoms with Crippen molar-refractivity contribution in [2.45, 2.75) is 29.9 Å². The Morgan fingerprint density at radius 3 is 2.42 bits per heavy atom. The molecule has 1 aromatic carbocycles. The van der Waals surface area contributed by atoms with E-state index >= 15 is 0 Å². The lowest BCUT2D eigenvalue weighted by molar-refractivity contribution is -0.0435. The highest BCUT2D eigenvalue weighted by Gasteiger charge is 2.47. The van der Waals surface area contributed by atoms with Crippen molar-refractivity contribution < 1.29 is 26.7 Å². The summed E-state index contributed by atoms with van der Waals surface area (Å²) >= 11 is 0. The van der Waals surface area contributed by atoms with Crippen molar-refractivity contribution in [1.82, 2.24) is 0 Å². The minimum absolute atomic E-state index is 0.125. The van der Waals surface area contributed by atoms with Crippen LogP contribution in [0.5, 0.6) is 0 Å². The Labute approximate surface area is 109 Å². The normalized spacial score (nSPS) is 14.2. The summed E-state index contributed by atoms with van der Waals surface area (Å²) in [5.74, 6) is 0. The van der Waals surface area contributed by atoms with E-state index in [2.05, 4.69) is 5.32 Å². The molecule has 0 amide bonds. The second kappa shape index (κ2) is 5.79. The van der Waals surface area contributed by atoms with Gasteiger partial charge in [0.15, 0.2) is 0 Å². The van der Waals surface area contributed by atoms with Crippen LogP contribution in [0.4, 0.5) is 18.9 Å². The third kappa shape index (κ3) is 3.84. The van der Waals surface area contributed by atoms with E-state index in [1.807, 2.05) is 0 Å². The zero-order valence-corrected chi connectivity index (χ0v) is 10.9. The molecular weight excluding hydrogens is 283 g/mol. The summed E-state index contributed by atoms with van der Waals surface area (Å²) in [6.45, 7) is 1.70. The predicted octanol–water partition coefficient (Wildman–Crippen LogP) is 2.16. The van der Waals surface area contributed by atoms with Gasteiger partial charge in [0.2, 0.25) is 0 Å². The SMILES string of the molecule is CC(O)CCNc1ccccc1S(=O)(=O)C(F)(F)F. The number of para-hydroxylation sites is 1. The smallest absolute Gasteiger partial charge is 0.393 e. The fraction of sp³-hybridized carbons (Fsp3) is 0.455. The zero-order valence-electron chi connectivity index (χ0n) is 10.1. The molecule has 4 nitrogen and oxygen atoms in total. The Kier molecular flexibility index (Phi) is 4.81. The number of sulfone groups is 1. The van der Waals surface area contributed by atoms with Gasteiger partial charge in [0.1, 0.15) is 0 Å². The van der Waals surface area contributed by atoms with Gasteiger partial charge in [0.25, 0.3) is 9.84 Å². The van der Waals surface area contributed by atoms with Crippen LogP contribution >= 0.6 is 0 Å². The Balaban J connectivity index is 3.03. The molecule has 8 heteroatoms. The van der Waals surface area contributed by atoms with Gasteiger partial charge in [-0.1, -0.05) is 12.1 Å². The van der Waals surface area contributed by atoms with Gasteiger partial charge in [-0.2, -0.15) is 13.2 Å². The van der Waals surface area contributed by atoms with E-state index in [1.54, 1.807) is 0 Å². The average Bonchev–Trinajstić information content (AvgIpc) is 2.27. The maximum absolute atomic E-state index is 12.5. The largest absolute Gasteiger partial charge is 0.501 e. The molecule has 1 aromatic rings. The number of anilines is 1. The van der Waals surface area contributed by atoms with Crippen molar-refractivity contribution >= 4 is 15.5 Å². The maximum atomic E-state index is 12.5. The van der Waals surface area contributed by atoms with Gasteiger partial charge in [-0.05, 0) is 25.5 Å². The van der Waals surface area contributed by atoms with E-state index in [4.69, 9.17) is 5.11 Å². The summed E-state index contributed by atoms with van der Waals surface area (Å²) < 4.78 is 60.2. The highest BCUT2D eigenvalue weighted by atomic mass is 32.2. The first-order valence-corrected chi connectivity index (χ1v) is 6.97. The number of alkyl halides is 3. The highest BCUT2D eigenvalue weighted by Crippen LogP contribution is 2.34. The molecule has 1 atom stereocenters. The van der Waals surface area contributed by atoms with Crippen molar-refractivity contribution in [3.63, 3.8) is 0 Å². The molecular formula is C11H14F3NO3S. The summed E-state index contributed by atoms with van der Waals surface area (Å²) in [6, 6.07) is 4.80. The van der Waals surface area contributed by atoms with Crippen LogP contribution in [0.25, 0.3) is 0 Å². The second-order valence-electron chi connectivity index (χ2n) is 4.01. The van der Waals surface area contributed by atoms with Gasteiger partial charge in [0.05, 0.1) is 16.7 Å². The van der Waals surface area contributed by atoms with Crippen molar-refractivity contribution in [2.75, 3.05) is 11.9 Å². The van der Waals surface area contributed by atoms with Crippen molar-refractivity contribution in [1.29, 1.82) is 0 Å². The Hall–Kier alpha value is -1.28. The van der Waals surface area contributed by atoms with E-state index in [1.165, 1.54) is 25.1 Å². The number of benzene rings is 1. The summed E-state index contributed by atoms with van der Waals surface area (Å²) in [4.78, 5) is -0.812. The van der Waals surface area contributed by atoms with Crippen molar-refractivity contribution in [3.05, 3.63) is 24.3 Å². The predicted molar refractivity (Wildman–Crippen MR) is 64.5 cm³/mol. The average molecular weight is 297 g/mol. The molecule has 0 aliphatic heterocycles. The summed E-state index contributed by atoms with van der Waals surface area (Å²) in [5, 5.41) is 11.6. The molecule has 0 aliphatic rings. The monoisotopic (exact) mass is 297 g/mol. The Bertz CT molecular complexity index is 526. The molecule has 0 bridgehead atoms.